The number of anilines is 1. The number of nitro benzene ring substituents is 1. The summed E-state index contributed by atoms with van der Waals surface area (Å²) in [5, 5.41) is 30.4. The smallest absolute Gasteiger partial charge is 0.280 e. The van der Waals surface area contributed by atoms with E-state index in [1.165, 1.54) is 32.4 Å². The number of allylic oxidation sites excluding steroid dienone is 1. The van der Waals surface area contributed by atoms with Crippen LogP contribution in [0.5, 0.6) is 11.5 Å². The fourth-order valence-electron chi connectivity index (χ4n) is 3.69. The van der Waals surface area contributed by atoms with Gasteiger partial charge in [-0.2, -0.15) is 5.26 Å². The Morgan fingerprint density at radius 3 is 2.44 bits per heavy atom. The van der Waals surface area contributed by atoms with Crippen LogP contribution in [0.25, 0.3) is 17.3 Å². The number of rotatable bonds is 7. The maximum absolute atomic E-state index is 11.7. The summed E-state index contributed by atoms with van der Waals surface area (Å²) in [5.74, 6) is 1.34. The average molecular weight is 462 g/mol. The molecule has 0 saturated carbocycles. The van der Waals surface area contributed by atoms with Gasteiger partial charge < -0.3 is 19.1 Å². The molecule has 0 radical (unpaired) electrons. The van der Waals surface area contributed by atoms with Crippen molar-refractivity contribution < 1.29 is 19.1 Å². The van der Waals surface area contributed by atoms with Crippen molar-refractivity contribution in [3.05, 3.63) is 64.0 Å². The van der Waals surface area contributed by atoms with Gasteiger partial charge in [0.25, 0.3) is 5.69 Å². The molecular formula is C23H22N6O5. The highest BCUT2D eigenvalue weighted by Gasteiger charge is 2.25. The van der Waals surface area contributed by atoms with Crippen LogP contribution in [0.3, 0.4) is 0 Å². The van der Waals surface area contributed by atoms with Gasteiger partial charge in [0.2, 0.25) is 5.95 Å². The van der Waals surface area contributed by atoms with Gasteiger partial charge in [-0.25, -0.2) is 0 Å². The number of hydrogen-bond acceptors (Lipinski definition) is 9. The zero-order valence-corrected chi connectivity index (χ0v) is 18.7. The molecule has 0 unspecified atom stereocenters. The van der Waals surface area contributed by atoms with Crippen LogP contribution in [-0.2, 0) is 4.74 Å². The lowest BCUT2D eigenvalue weighted by Crippen LogP contribution is -2.38. The summed E-state index contributed by atoms with van der Waals surface area (Å²) in [5.41, 5.74) is 0.803. The van der Waals surface area contributed by atoms with Gasteiger partial charge in [-0.15, -0.1) is 10.2 Å². The summed E-state index contributed by atoms with van der Waals surface area (Å²) in [7, 11) is 2.83. The molecule has 11 heteroatoms. The Balaban J connectivity index is 1.89. The topological polar surface area (TPSA) is 129 Å². The third-order valence-corrected chi connectivity index (χ3v) is 5.35. The lowest BCUT2D eigenvalue weighted by atomic mass is 10.1. The van der Waals surface area contributed by atoms with Crippen molar-refractivity contribution in [1.82, 2.24) is 14.8 Å². The minimum atomic E-state index is -0.538. The molecule has 0 amide bonds. The number of hydrogen-bond donors (Lipinski definition) is 0. The number of nitro groups is 1. The first kappa shape index (κ1) is 22.8. The zero-order valence-electron chi connectivity index (χ0n) is 18.7. The largest absolute Gasteiger partial charge is 0.493 e. The maximum Gasteiger partial charge on any atom is 0.280 e. The highest BCUT2D eigenvalue weighted by molar-refractivity contribution is 5.90. The Hall–Kier alpha value is -4.43. The molecule has 4 rings (SSSR count). The van der Waals surface area contributed by atoms with Crippen LogP contribution in [-0.4, -0.2) is 60.2 Å². The molecule has 0 aliphatic carbocycles. The van der Waals surface area contributed by atoms with Gasteiger partial charge in [0, 0.05) is 13.1 Å². The highest BCUT2D eigenvalue weighted by Crippen LogP contribution is 2.36. The Morgan fingerprint density at radius 1 is 1.15 bits per heavy atom. The summed E-state index contributed by atoms with van der Waals surface area (Å²) in [6, 6.07) is 14.2. The number of para-hydroxylation sites is 1. The summed E-state index contributed by atoms with van der Waals surface area (Å²) in [6.07, 6.45) is 1.41. The normalized spacial score (nSPS) is 13.9. The summed E-state index contributed by atoms with van der Waals surface area (Å²) in [4.78, 5) is 13.2. The maximum atomic E-state index is 11.7. The van der Waals surface area contributed by atoms with E-state index in [-0.39, 0.29) is 28.4 Å². The van der Waals surface area contributed by atoms with Crippen LogP contribution >= 0.6 is 0 Å². The second kappa shape index (κ2) is 10.0. The van der Waals surface area contributed by atoms with Crippen LogP contribution in [0, 0.1) is 21.4 Å². The zero-order chi connectivity index (χ0) is 24.1. The molecule has 1 aliphatic rings. The number of methoxy groups -OCH3 is 2. The first-order valence-corrected chi connectivity index (χ1v) is 10.4. The van der Waals surface area contributed by atoms with Gasteiger partial charge >= 0.3 is 0 Å². The molecule has 0 bridgehead atoms. The highest BCUT2D eigenvalue weighted by atomic mass is 16.6. The first-order valence-electron chi connectivity index (χ1n) is 10.4. The predicted molar refractivity (Wildman–Crippen MR) is 124 cm³/mol. The van der Waals surface area contributed by atoms with Crippen molar-refractivity contribution in [3.63, 3.8) is 0 Å². The van der Waals surface area contributed by atoms with Crippen LogP contribution < -0.4 is 14.4 Å². The van der Waals surface area contributed by atoms with Gasteiger partial charge in [-0.1, -0.05) is 18.2 Å². The Bertz CT molecular complexity index is 1260. The Kier molecular flexibility index (Phi) is 6.70. The van der Waals surface area contributed by atoms with E-state index >= 15 is 0 Å². The van der Waals surface area contributed by atoms with E-state index in [1.54, 1.807) is 4.57 Å². The molecule has 2 aromatic carbocycles. The van der Waals surface area contributed by atoms with E-state index < -0.39 is 4.92 Å². The molecule has 11 nitrogen and oxygen atoms in total. The van der Waals surface area contributed by atoms with E-state index in [9.17, 15) is 15.4 Å². The summed E-state index contributed by atoms with van der Waals surface area (Å²) < 4.78 is 17.7. The van der Waals surface area contributed by atoms with Crippen molar-refractivity contribution in [1.29, 1.82) is 5.26 Å². The minimum Gasteiger partial charge on any atom is -0.493 e. The molecule has 0 atom stereocenters. The third kappa shape index (κ3) is 4.39. The standard InChI is InChI=1S/C23H22N6O5/c1-32-20-13-16(19(29(30)31)14-21(20)33-2)12-17(15-24)22-25-26-23(27-8-10-34-11-9-27)28(22)18-6-4-3-5-7-18/h3-7,12-14H,8-11H2,1-2H3/b17-12+. The van der Waals surface area contributed by atoms with E-state index in [0.29, 0.717) is 38.0 Å². The Morgan fingerprint density at radius 2 is 1.82 bits per heavy atom. The van der Waals surface area contributed by atoms with Gasteiger partial charge in [-0.05, 0) is 24.3 Å². The number of benzene rings is 2. The molecule has 1 fully saturated rings. The van der Waals surface area contributed by atoms with Crippen LogP contribution in [0.1, 0.15) is 11.4 Å². The number of morpholine rings is 1. The number of aromatic nitrogens is 3. The molecule has 0 spiro atoms. The second-order valence-electron chi connectivity index (χ2n) is 7.29. The SMILES string of the molecule is COc1cc(/C=C(\C#N)c2nnc(N3CCOCC3)n2-c2ccccc2)c([N+](=O)[O-])cc1OC. The summed E-state index contributed by atoms with van der Waals surface area (Å²) >= 11 is 0. The lowest BCUT2D eigenvalue weighted by Gasteiger charge is -2.28. The molecule has 1 aliphatic heterocycles. The van der Waals surface area contributed by atoms with Gasteiger partial charge in [-0.3, -0.25) is 14.7 Å². The number of nitriles is 1. The second-order valence-corrected chi connectivity index (χ2v) is 7.29. The van der Waals surface area contributed by atoms with E-state index in [1.807, 2.05) is 35.2 Å². The monoisotopic (exact) mass is 462 g/mol. The molecule has 3 aromatic rings. The van der Waals surface area contributed by atoms with E-state index in [0.717, 1.165) is 5.69 Å². The fraction of sp³-hybridized carbons (Fsp3) is 0.261. The molecule has 34 heavy (non-hydrogen) atoms. The number of ether oxygens (including phenoxy) is 3. The average Bonchev–Trinajstić information content (AvgIpc) is 3.32. The van der Waals surface area contributed by atoms with Crippen LogP contribution in [0.2, 0.25) is 0 Å². The molecule has 2 heterocycles. The first-order chi connectivity index (χ1) is 16.6. The predicted octanol–water partition coefficient (Wildman–Crippen LogP) is 3.09. The van der Waals surface area contributed by atoms with Crippen molar-refractivity contribution in [3.8, 4) is 23.3 Å². The lowest BCUT2D eigenvalue weighted by molar-refractivity contribution is -0.385. The van der Waals surface area contributed by atoms with Crippen molar-refractivity contribution >= 4 is 23.3 Å². The van der Waals surface area contributed by atoms with Gasteiger partial charge in [0.15, 0.2) is 17.3 Å². The van der Waals surface area contributed by atoms with Crippen LogP contribution in [0.15, 0.2) is 42.5 Å². The molecule has 1 saturated heterocycles. The summed E-state index contributed by atoms with van der Waals surface area (Å²) in [6.45, 7) is 2.35. The molecule has 0 N–H and O–H groups in total. The molecule has 174 valence electrons. The molecular weight excluding hydrogens is 440 g/mol. The van der Waals surface area contributed by atoms with Crippen molar-refractivity contribution in [2.24, 2.45) is 0 Å². The number of nitrogens with zero attached hydrogens (tertiary/aromatic N) is 6. The van der Waals surface area contributed by atoms with Crippen LogP contribution in [0.4, 0.5) is 11.6 Å². The molecule has 1 aromatic heterocycles. The van der Waals surface area contributed by atoms with Crippen molar-refractivity contribution in [2.75, 3.05) is 45.4 Å². The quantitative estimate of drug-likeness (QED) is 0.295. The van der Waals surface area contributed by atoms with E-state index in [4.69, 9.17) is 14.2 Å². The fourth-order valence-corrected chi connectivity index (χ4v) is 3.69. The Labute approximate surface area is 195 Å². The van der Waals surface area contributed by atoms with Gasteiger partial charge in [0.1, 0.15) is 6.07 Å². The van der Waals surface area contributed by atoms with Crippen molar-refractivity contribution in [2.45, 2.75) is 0 Å². The minimum absolute atomic E-state index is 0.103. The van der Waals surface area contributed by atoms with Gasteiger partial charge in [0.05, 0.1) is 55.2 Å². The third-order valence-electron chi connectivity index (χ3n) is 5.35. The van der Waals surface area contributed by atoms with E-state index in [2.05, 4.69) is 16.3 Å².